The zero-order chi connectivity index (χ0) is 19.8. The third-order valence-electron chi connectivity index (χ3n) is 4.17. The molecule has 3 rings (SSSR count). The van der Waals surface area contributed by atoms with Crippen LogP contribution in [0.3, 0.4) is 0 Å². The van der Waals surface area contributed by atoms with Crippen molar-refractivity contribution in [3.63, 3.8) is 0 Å². The molecule has 2 N–H and O–H groups in total. The average molecular weight is 400 g/mol. The monoisotopic (exact) mass is 399 g/mol. The average Bonchev–Trinajstić information content (AvgIpc) is 3.08. The Morgan fingerprint density at radius 2 is 1.89 bits per heavy atom. The molecule has 2 heterocycles. The van der Waals surface area contributed by atoms with E-state index in [9.17, 15) is 8.42 Å². The second-order valence-corrected chi connectivity index (χ2v) is 8.46. The van der Waals surface area contributed by atoms with Gasteiger partial charge in [-0.15, -0.1) is 0 Å². The highest BCUT2D eigenvalue weighted by Gasteiger charge is 2.11. The van der Waals surface area contributed by atoms with Crippen molar-refractivity contribution in [1.82, 2.24) is 24.8 Å². The van der Waals surface area contributed by atoms with E-state index < -0.39 is 10.0 Å². The van der Waals surface area contributed by atoms with Crippen LogP contribution in [-0.4, -0.2) is 42.5 Å². The number of hydrogen-bond donors (Lipinski definition) is 2. The van der Waals surface area contributed by atoms with Crippen molar-refractivity contribution in [1.29, 1.82) is 0 Å². The molecule has 3 aromatic rings. The summed E-state index contributed by atoms with van der Waals surface area (Å²) in [5, 5.41) is 8.13. The number of pyridine rings is 1. The second kappa shape index (κ2) is 9.59. The molecule has 2 aromatic heterocycles. The molecule has 0 amide bonds. The molecular weight excluding hydrogens is 374 g/mol. The molecule has 148 valence electrons. The molecule has 8 heteroatoms. The molecule has 0 saturated heterocycles. The summed E-state index contributed by atoms with van der Waals surface area (Å²) < 4.78 is 26.6. The van der Waals surface area contributed by atoms with Gasteiger partial charge in [-0.2, -0.15) is 5.10 Å². The zero-order valence-corrected chi connectivity index (χ0v) is 16.7. The van der Waals surface area contributed by atoms with Crippen molar-refractivity contribution in [2.24, 2.45) is 0 Å². The number of nitrogens with one attached hydrogen (secondary N) is 2. The topological polar surface area (TPSA) is 88.9 Å². The summed E-state index contributed by atoms with van der Waals surface area (Å²) in [6, 6.07) is 14.1. The Hall–Kier alpha value is -2.55. The van der Waals surface area contributed by atoms with E-state index in [2.05, 4.69) is 33.4 Å². The van der Waals surface area contributed by atoms with Crippen molar-refractivity contribution in [2.45, 2.75) is 19.5 Å². The quantitative estimate of drug-likeness (QED) is 0.509. The van der Waals surface area contributed by atoms with Gasteiger partial charge in [-0.1, -0.05) is 30.3 Å². The van der Waals surface area contributed by atoms with Gasteiger partial charge in [0, 0.05) is 42.8 Å². The number of aromatic nitrogens is 3. The lowest BCUT2D eigenvalue weighted by Gasteiger charge is -2.05. The van der Waals surface area contributed by atoms with Crippen LogP contribution in [0.15, 0.2) is 61.1 Å². The largest absolute Gasteiger partial charge is 0.312 e. The molecule has 7 nitrogen and oxygen atoms in total. The van der Waals surface area contributed by atoms with Gasteiger partial charge in [0.1, 0.15) is 0 Å². The SMILES string of the molecule is CS(=O)(=O)NCCCNCc1cn(Cc2ccccc2)nc1-c1cccnc1. The maximum absolute atomic E-state index is 11.1. The van der Waals surface area contributed by atoms with E-state index in [0.717, 1.165) is 16.8 Å². The third-order valence-corrected chi connectivity index (χ3v) is 4.90. The second-order valence-electron chi connectivity index (χ2n) is 6.62. The minimum absolute atomic E-state index is 0.425. The summed E-state index contributed by atoms with van der Waals surface area (Å²) in [7, 11) is -3.13. The number of benzene rings is 1. The van der Waals surface area contributed by atoms with Crippen molar-refractivity contribution in [3.8, 4) is 11.3 Å². The molecular formula is C20H25N5O2S. The molecule has 0 spiro atoms. The van der Waals surface area contributed by atoms with Crippen LogP contribution in [0.1, 0.15) is 17.5 Å². The number of hydrogen-bond acceptors (Lipinski definition) is 5. The predicted molar refractivity (Wildman–Crippen MR) is 110 cm³/mol. The number of sulfonamides is 1. The van der Waals surface area contributed by atoms with Gasteiger partial charge >= 0.3 is 0 Å². The van der Waals surface area contributed by atoms with Gasteiger partial charge in [0.25, 0.3) is 0 Å². The van der Waals surface area contributed by atoms with Crippen LogP contribution in [0.4, 0.5) is 0 Å². The summed E-state index contributed by atoms with van der Waals surface area (Å²) in [4.78, 5) is 4.20. The molecule has 0 saturated carbocycles. The first-order valence-electron chi connectivity index (χ1n) is 9.17. The van der Waals surface area contributed by atoms with E-state index in [1.54, 1.807) is 6.20 Å². The molecule has 0 bridgehead atoms. The Kier molecular flexibility index (Phi) is 6.91. The van der Waals surface area contributed by atoms with Gasteiger partial charge in [-0.3, -0.25) is 9.67 Å². The van der Waals surface area contributed by atoms with Gasteiger partial charge < -0.3 is 5.32 Å². The fraction of sp³-hybridized carbons (Fsp3) is 0.300. The highest BCUT2D eigenvalue weighted by atomic mass is 32.2. The highest BCUT2D eigenvalue weighted by molar-refractivity contribution is 7.88. The van der Waals surface area contributed by atoms with E-state index in [1.165, 1.54) is 11.8 Å². The summed E-state index contributed by atoms with van der Waals surface area (Å²) in [5.74, 6) is 0. The lowest BCUT2D eigenvalue weighted by Crippen LogP contribution is -2.26. The molecule has 0 aliphatic rings. The van der Waals surface area contributed by atoms with Crippen LogP contribution in [0.2, 0.25) is 0 Å². The van der Waals surface area contributed by atoms with Crippen LogP contribution < -0.4 is 10.0 Å². The van der Waals surface area contributed by atoms with Gasteiger partial charge in [0.05, 0.1) is 18.5 Å². The van der Waals surface area contributed by atoms with Crippen LogP contribution in [0.5, 0.6) is 0 Å². The Labute approximate surface area is 165 Å². The summed E-state index contributed by atoms with van der Waals surface area (Å²) in [6.45, 7) is 2.48. The Morgan fingerprint density at radius 3 is 2.61 bits per heavy atom. The number of rotatable bonds is 10. The van der Waals surface area contributed by atoms with Crippen molar-refractivity contribution < 1.29 is 8.42 Å². The number of nitrogens with zero attached hydrogens (tertiary/aromatic N) is 3. The molecule has 0 aliphatic heterocycles. The lowest BCUT2D eigenvalue weighted by molar-refractivity contribution is 0.579. The summed E-state index contributed by atoms with van der Waals surface area (Å²) in [6.07, 6.45) is 7.50. The summed E-state index contributed by atoms with van der Waals surface area (Å²) >= 11 is 0. The third kappa shape index (κ3) is 6.26. The zero-order valence-electron chi connectivity index (χ0n) is 15.9. The highest BCUT2D eigenvalue weighted by Crippen LogP contribution is 2.21. The molecule has 1 aromatic carbocycles. The normalized spacial score (nSPS) is 11.6. The van der Waals surface area contributed by atoms with Crippen molar-refractivity contribution >= 4 is 10.0 Å². The Balaban J connectivity index is 1.66. The molecule has 0 unspecified atom stereocenters. The maximum Gasteiger partial charge on any atom is 0.208 e. The molecule has 28 heavy (non-hydrogen) atoms. The first-order chi connectivity index (χ1) is 13.5. The van der Waals surface area contributed by atoms with Crippen molar-refractivity contribution in [2.75, 3.05) is 19.3 Å². The fourth-order valence-electron chi connectivity index (χ4n) is 2.88. The van der Waals surface area contributed by atoms with Crippen LogP contribution in [0, 0.1) is 0 Å². The van der Waals surface area contributed by atoms with Gasteiger partial charge in [-0.25, -0.2) is 13.1 Å². The first-order valence-corrected chi connectivity index (χ1v) is 11.1. The van der Waals surface area contributed by atoms with Crippen molar-refractivity contribution in [3.05, 3.63) is 72.2 Å². The van der Waals surface area contributed by atoms with Crippen LogP contribution in [0.25, 0.3) is 11.3 Å². The standard InChI is InChI=1S/C20H25N5O2S/c1-28(26,27)23-12-6-11-22-14-19-16-25(15-17-7-3-2-4-8-17)24-20(19)18-9-5-10-21-13-18/h2-5,7-10,13,16,22-23H,6,11-12,14-15H2,1H3. The summed E-state index contributed by atoms with van der Waals surface area (Å²) in [5.41, 5.74) is 4.16. The first kappa shape index (κ1) is 20.2. The Bertz CT molecular complexity index is 972. The van der Waals surface area contributed by atoms with E-state index in [0.29, 0.717) is 32.6 Å². The van der Waals surface area contributed by atoms with Gasteiger partial charge in [-0.05, 0) is 30.7 Å². The maximum atomic E-state index is 11.1. The van der Waals surface area contributed by atoms with Gasteiger partial charge in [0.15, 0.2) is 0 Å². The lowest BCUT2D eigenvalue weighted by atomic mass is 10.1. The molecule has 0 fully saturated rings. The molecule has 0 aliphatic carbocycles. The van der Waals surface area contributed by atoms with E-state index in [-0.39, 0.29) is 0 Å². The van der Waals surface area contributed by atoms with E-state index >= 15 is 0 Å². The fourth-order valence-corrected chi connectivity index (χ4v) is 3.40. The van der Waals surface area contributed by atoms with Crippen LogP contribution in [-0.2, 0) is 23.1 Å². The van der Waals surface area contributed by atoms with E-state index in [4.69, 9.17) is 5.10 Å². The predicted octanol–water partition coefficient (Wildman–Crippen LogP) is 2.02. The molecule has 0 atom stereocenters. The minimum atomic E-state index is -3.13. The van der Waals surface area contributed by atoms with Gasteiger partial charge in [0.2, 0.25) is 10.0 Å². The minimum Gasteiger partial charge on any atom is -0.312 e. The molecule has 0 radical (unpaired) electrons. The van der Waals surface area contributed by atoms with Crippen LogP contribution >= 0.6 is 0 Å². The van der Waals surface area contributed by atoms with E-state index in [1.807, 2.05) is 41.2 Å². The Morgan fingerprint density at radius 1 is 1.07 bits per heavy atom. The smallest absolute Gasteiger partial charge is 0.208 e.